The van der Waals surface area contributed by atoms with E-state index in [2.05, 4.69) is 0 Å². The van der Waals surface area contributed by atoms with Gasteiger partial charge in [-0.05, 0) is 37.1 Å². The van der Waals surface area contributed by atoms with Gasteiger partial charge in [0.2, 0.25) is 10.0 Å². The van der Waals surface area contributed by atoms with Crippen molar-refractivity contribution in [2.24, 2.45) is 0 Å². The second-order valence-electron chi connectivity index (χ2n) is 4.99. The Balaban J connectivity index is 2.35. The summed E-state index contributed by atoms with van der Waals surface area (Å²) in [4.78, 5) is 0.120. The lowest BCUT2D eigenvalue weighted by Gasteiger charge is -2.19. The third-order valence-electron chi connectivity index (χ3n) is 3.23. The van der Waals surface area contributed by atoms with Gasteiger partial charge in [0, 0.05) is 18.8 Å². The number of nitrogen functional groups attached to an aromatic ring is 1. The van der Waals surface area contributed by atoms with E-state index in [0.717, 1.165) is 5.56 Å². The van der Waals surface area contributed by atoms with Crippen LogP contribution in [0.25, 0.3) is 0 Å². The van der Waals surface area contributed by atoms with E-state index in [0.29, 0.717) is 12.1 Å². The van der Waals surface area contributed by atoms with Crippen molar-refractivity contribution in [1.82, 2.24) is 4.31 Å². The highest BCUT2D eigenvalue weighted by molar-refractivity contribution is 7.91. The Morgan fingerprint density at radius 2 is 1.85 bits per heavy atom. The molecule has 0 atom stereocenters. The molecule has 0 amide bonds. The molecule has 0 bridgehead atoms. The molecule has 0 radical (unpaired) electrons. The van der Waals surface area contributed by atoms with Crippen molar-refractivity contribution in [1.29, 1.82) is 0 Å². The Hall–Kier alpha value is -1.12. The molecule has 0 spiro atoms. The predicted molar refractivity (Wildman–Crippen MR) is 77.6 cm³/mol. The zero-order chi connectivity index (χ0) is 15.0. The number of hydrogen-bond donors (Lipinski definition) is 1. The van der Waals surface area contributed by atoms with Gasteiger partial charge in [0.15, 0.2) is 9.84 Å². The van der Waals surface area contributed by atoms with Crippen LogP contribution in [0.5, 0.6) is 0 Å². The maximum Gasteiger partial charge on any atom is 0.243 e. The molecule has 112 valence electrons. The number of nitrogens with zero attached hydrogens (tertiary/aromatic N) is 1. The number of sulfone groups is 1. The molecular formula is C12H18N2O4S2. The number of aryl methyl sites for hydroxylation is 1. The van der Waals surface area contributed by atoms with Crippen LogP contribution in [0.4, 0.5) is 5.69 Å². The monoisotopic (exact) mass is 318 g/mol. The number of hydrogen-bond acceptors (Lipinski definition) is 5. The first-order chi connectivity index (χ1) is 9.21. The Morgan fingerprint density at radius 1 is 1.15 bits per heavy atom. The van der Waals surface area contributed by atoms with Crippen LogP contribution in [0, 0.1) is 6.92 Å². The summed E-state index contributed by atoms with van der Waals surface area (Å²) in [6, 6.07) is 4.64. The first-order valence-corrected chi connectivity index (χ1v) is 9.55. The smallest absolute Gasteiger partial charge is 0.243 e. The van der Waals surface area contributed by atoms with Crippen LogP contribution in [0.1, 0.15) is 12.0 Å². The normalized spacial score (nSPS) is 20.4. The van der Waals surface area contributed by atoms with Crippen LogP contribution in [0.15, 0.2) is 23.1 Å². The third kappa shape index (κ3) is 3.31. The summed E-state index contributed by atoms with van der Waals surface area (Å²) >= 11 is 0. The average molecular weight is 318 g/mol. The first-order valence-electron chi connectivity index (χ1n) is 6.28. The van der Waals surface area contributed by atoms with Gasteiger partial charge < -0.3 is 5.73 Å². The zero-order valence-electron chi connectivity index (χ0n) is 11.2. The molecule has 2 N–H and O–H groups in total. The Morgan fingerprint density at radius 3 is 2.50 bits per heavy atom. The van der Waals surface area contributed by atoms with Gasteiger partial charge in [-0.25, -0.2) is 16.8 Å². The number of nitrogens with two attached hydrogens (primary N) is 1. The van der Waals surface area contributed by atoms with Crippen molar-refractivity contribution >= 4 is 25.5 Å². The standard InChI is InChI=1S/C12H18N2O4S2/c1-10-7-11(13)9-12(8-10)20(17,18)14-3-2-5-19(15,16)6-4-14/h7-9H,2-6,13H2,1H3. The van der Waals surface area contributed by atoms with Crippen molar-refractivity contribution in [2.75, 3.05) is 30.3 Å². The molecule has 1 aliphatic heterocycles. The molecule has 1 saturated heterocycles. The maximum atomic E-state index is 12.5. The quantitative estimate of drug-likeness (QED) is 0.795. The van der Waals surface area contributed by atoms with Crippen LogP contribution < -0.4 is 5.73 Å². The van der Waals surface area contributed by atoms with E-state index in [1.54, 1.807) is 19.1 Å². The van der Waals surface area contributed by atoms with Crippen LogP contribution in [-0.2, 0) is 19.9 Å². The molecule has 8 heteroatoms. The van der Waals surface area contributed by atoms with Crippen molar-refractivity contribution in [2.45, 2.75) is 18.2 Å². The van der Waals surface area contributed by atoms with E-state index in [1.165, 1.54) is 10.4 Å². The molecule has 1 aromatic carbocycles. The molecule has 0 aromatic heterocycles. The highest BCUT2D eigenvalue weighted by Crippen LogP contribution is 2.21. The summed E-state index contributed by atoms with van der Waals surface area (Å²) < 4.78 is 49.4. The molecule has 0 saturated carbocycles. The number of sulfonamides is 1. The first kappa shape index (κ1) is 15.3. The molecule has 1 fully saturated rings. The van der Waals surface area contributed by atoms with E-state index < -0.39 is 19.9 Å². The minimum Gasteiger partial charge on any atom is -0.399 e. The number of anilines is 1. The molecule has 1 aromatic rings. The van der Waals surface area contributed by atoms with Gasteiger partial charge in [-0.1, -0.05) is 0 Å². The van der Waals surface area contributed by atoms with E-state index >= 15 is 0 Å². The minimum absolute atomic E-state index is 0.00147. The van der Waals surface area contributed by atoms with Gasteiger partial charge in [0.1, 0.15) is 0 Å². The largest absolute Gasteiger partial charge is 0.399 e. The predicted octanol–water partition coefficient (Wildman–Crippen LogP) is 0.386. The fourth-order valence-electron chi connectivity index (χ4n) is 2.23. The average Bonchev–Trinajstić information content (AvgIpc) is 2.49. The highest BCUT2D eigenvalue weighted by atomic mass is 32.2. The Kier molecular flexibility index (Phi) is 4.08. The molecule has 0 aliphatic carbocycles. The number of benzene rings is 1. The van der Waals surface area contributed by atoms with Gasteiger partial charge in [0.05, 0.1) is 16.4 Å². The maximum absolute atomic E-state index is 12.5. The molecule has 0 unspecified atom stereocenters. The van der Waals surface area contributed by atoms with E-state index in [4.69, 9.17) is 5.73 Å². The van der Waals surface area contributed by atoms with Crippen LogP contribution >= 0.6 is 0 Å². The summed E-state index contributed by atoms with van der Waals surface area (Å²) in [5, 5.41) is 0. The van der Waals surface area contributed by atoms with Crippen LogP contribution in [0.2, 0.25) is 0 Å². The summed E-state index contributed by atoms with van der Waals surface area (Å²) in [7, 11) is -6.83. The van der Waals surface area contributed by atoms with E-state index in [-0.39, 0.29) is 29.5 Å². The molecular weight excluding hydrogens is 300 g/mol. The fraction of sp³-hybridized carbons (Fsp3) is 0.500. The van der Waals surface area contributed by atoms with Crippen molar-refractivity contribution in [3.05, 3.63) is 23.8 Å². The summed E-state index contributed by atoms with van der Waals surface area (Å²) in [5.41, 5.74) is 6.82. The minimum atomic E-state index is -3.69. The third-order valence-corrected chi connectivity index (χ3v) is 6.82. The van der Waals surface area contributed by atoms with Crippen LogP contribution in [0.3, 0.4) is 0 Å². The van der Waals surface area contributed by atoms with Gasteiger partial charge in [-0.3, -0.25) is 0 Å². The SMILES string of the molecule is Cc1cc(N)cc(S(=O)(=O)N2CCCS(=O)(=O)CC2)c1. The van der Waals surface area contributed by atoms with Crippen molar-refractivity contribution < 1.29 is 16.8 Å². The van der Waals surface area contributed by atoms with E-state index in [1.807, 2.05) is 0 Å². The molecule has 20 heavy (non-hydrogen) atoms. The molecule has 2 rings (SSSR count). The fourth-order valence-corrected chi connectivity index (χ4v) is 5.24. The summed E-state index contributed by atoms with van der Waals surface area (Å²) in [6.07, 6.45) is 0.322. The second-order valence-corrected chi connectivity index (χ2v) is 9.23. The lowest BCUT2D eigenvalue weighted by atomic mass is 10.2. The van der Waals surface area contributed by atoms with E-state index in [9.17, 15) is 16.8 Å². The van der Waals surface area contributed by atoms with Crippen molar-refractivity contribution in [3.63, 3.8) is 0 Å². The Bertz CT molecular complexity index is 691. The summed E-state index contributed by atoms with van der Waals surface area (Å²) in [5.74, 6) is -0.0947. The van der Waals surface area contributed by atoms with Crippen molar-refractivity contribution in [3.8, 4) is 0 Å². The van der Waals surface area contributed by atoms with Gasteiger partial charge in [-0.2, -0.15) is 4.31 Å². The lowest BCUT2D eigenvalue weighted by molar-refractivity contribution is 0.434. The highest BCUT2D eigenvalue weighted by Gasteiger charge is 2.29. The van der Waals surface area contributed by atoms with Gasteiger partial charge >= 0.3 is 0 Å². The molecule has 1 aliphatic rings. The summed E-state index contributed by atoms with van der Waals surface area (Å²) in [6.45, 7) is 1.98. The van der Waals surface area contributed by atoms with Gasteiger partial charge in [-0.15, -0.1) is 0 Å². The zero-order valence-corrected chi connectivity index (χ0v) is 12.9. The Labute approximate surface area is 119 Å². The molecule has 1 heterocycles. The number of rotatable bonds is 2. The molecule has 6 nitrogen and oxygen atoms in total. The van der Waals surface area contributed by atoms with Crippen LogP contribution in [-0.4, -0.2) is 45.7 Å². The topological polar surface area (TPSA) is 97.5 Å². The lowest BCUT2D eigenvalue weighted by Crippen LogP contribution is -2.33. The van der Waals surface area contributed by atoms with Gasteiger partial charge in [0.25, 0.3) is 0 Å². The second kappa shape index (κ2) is 5.34.